The topological polar surface area (TPSA) is 100.0 Å². The van der Waals surface area contributed by atoms with Crippen LogP contribution < -0.4 is 4.74 Å². The van der Waals surface area contributed by atoms with Crippen LogP contribution in [0.25, 0.3) is 5.76 Å². The Balaban J connectivity index is 1.47. The van der Waals surface area contributed by atoms with E-state index in [0.29, 0.717) is 23.5 Å². The molecule has 0 unspecified atom stereocenters. The average Bonchev–Trinajstić information content (AvgIpc) is 3.17. The van der Waals surface area contributed by atoms with Gasteiger partial charge in [0, 0.05) is 24.5 Å². The van der Waals surface area contributed by atoms with Crippen LogP contribution in [0.5, 0.6) is 11.5 Å². The first-order valence-electron chi connectivity index (χ1n) is 12.2. The van der Waals surface area contributed by atoms with Crippen LogP contribution in [0.4, 0.5) is 0 Å². The number of rotatable bonds is 7. The number of ether oxygens (including phenoxy) is 1. The minimum absolute atomic E-state index is 0.00731. The number of nitrogens with zero attached hydrogens (tertiary/aromatic N) is 2. The maximum absolute atomic E-state index is 13.2. The molecule has 0 radical (unpaired) electrons. The van der Waals surface area contributed by atoms with E-state index in [4.69, 9.17) is 4.74 Å². The zero-order chi connectivity index (χ0) is 26.6. The van der Waals surface area contributed by atoms with Gasteiger partial charge in [-0.25, -0.2) is 0 Å². The van der Waals surface area contributed by atoms with Crippen LogP contribution >= 0.6 is 0 Å². The summed E-state index contributed by atoms with van der Waals surface area (Å²) in [5, 5.41) is 21.4. The third-order valence-electron chi connectivity index (χ3n) is 6.44. The summed E-state index contributed by atoms with van der Waals surface area (Å²) in [6, 6.07) is 23.7. The minimum Gasteiger partial charge on any atom is -0.508 e. The van der Waals surface area contributed by atoms with Crippen LogP contribution in [0, 0.1) is 6.92 Å². The van der Waals surface area contributed by atoms with Crippen molar-refractivity contribution in [3.8, 4) is 11.5 Å². The van der Waals surface area contributed by atoms with E-state index in [0.717, 1.165) is 16.7 Å². The van der Waals surface area contributed by atoms with Gasteiger partial charge >= 0.3 is 0 Å². The van der Waals surface area contributed by atoms with Crippen molar-refractivity contribution in [1.82, 2.24) is 9.88 Å². The second-order valence-corrected chi connectivity index (χ2v) is 9.18. The molecule has 1 fully saturated rings. The summed E-state index contributed by atoms with van der Waals surface area (Å²) in [6.07, 6.45) is 3.22. The molecule has 5 rings (SSSR count). The Bertz CT molecular complexity index is 1510. The van der Waals surface area contributed by atoms with Crippen molar-refractivity contribution < 1.29 is 24.5 Å². The van der Waals surface area contributed by atoms with Gasteiger partial charge in [0.05, 0.1) is 11.6 Å². The Labute approximate surface area is 220 Å². The summed E-state index contributed by atoms with van der Waals surface area (Å²) in [4.78, 5) is 31.8. The zero-order valence-corrected chi connectivity index (χ0v) is 20.7. The lowest BCUT2D eigenvalue weighted by molar-refractivity contribution is -0.140. The molecule has 2 N–H and O–H groups in total. The predicted octanol–water partition coefficient (Wildman–Crippen LogP) is 5.30. The van der Waals surface area contributed by atoms with Crippen molar-refractivity contribution in [1.29, 1.82) is 0 Å². The summed E-state index contributed by atoms with van der Waals surface area (Å²) >= 11 is 0. The number of aliphatic hydroxyl groups is 1. The van der Waals surface area contributed by atoms with Crippen molar-refractivity contribution >= 4 is 17.4 Å². The molecule has 1 atom stereocenters. The van der Waals surface area contributed by atoms with Crippen LogP contribution in [0.2, 0.25) is 0 Å². The van der Waals surface area contributed by atoms with Gasteiger partial charge in [-0.05, 0) is 72.1 Å². The molecule has 1 aromatic heterocycles. The molecule has 1 saturated heterocycles. The Morgan fingerprint density at radius 2 is 1.66 bits per heavy atom. The molecule has 7 heteroatoms. The van der Waals surface area contributed by atoms with Gasteiger partial charge in [0.15, 0.2) is 0 Å². The number of Topliss-reactive ketones (excluding diaryl/α,β-unsaturated/α-hetero) is 1. The largest absolute Gasteiger partial charge is 0.508 e. The normalized spacial score (nSPS) is 16.6. The minimum atomic E-state index is -0.882. The van der Waals surface area contributed by atoms with E-state index >= 15 is 0 Å². The van der Waals surface area contributed by atoms with E-state index in [2.05, 4.69) is 4.98 Å². The van der Waals surface area contributed by atoms with Gasteiger partial charge in [-0.2, -0.15) is 0 Å². The van der Waals surface area contributed by atoms with Crippen molar-refractivity contribution in [3.05, 3.63) is 131 Å². The molecule has 0 saturated carbocycles. The van der Waals surface area contributed by atoms with E-state index in [9.17, 15) is 19.8 Å². The number of phenols is 1. The van der Waals surface area contributed by atoms with E-state index in [1.807, 2.05) is 31.2 Å². The number of amides is 1. The van der Waals surface area contributed by atoms with Crippen LogP contribution in [0.1, 0.15) is 33.9 Å². The van der Waals surface area contributed by atoms with E-state index in [-0.39, 0.29) is 23.6 Å². The first-order valence-corrected chi connectivity index (χ1v) is 12.2. The number of likely N-dealkylation sites (tertiary alicyclic amines) is 1. The Morgan fingerprint density at radius 1 is 0.921 bits per heavy atom. The van der Waals surface area contributed by atoms with Crippen LogP contribution in [0.15, 0.2) is 103 Å². The summed E-state index contributed by atoms with van der Waals surface area (Å²) in [7, 11) is 0. The molecule has 1 amide bonds. The number of aromatic nitrogens is 1. The number of phenolic OH excluding ortho intramolecular Hbond substituents is 1. The fourth-order valence-corrected chi connectivity index (χ4v) is 4.60. The average molecular weight is 507 g/mol. The number of aliphatic hydroxyl groups excluding tert-OH is 1. The van der Waals surface area contributed by atoms with Gasteiger partial charge in [0.25, 0.3) is 11.7 Å². The predicted molar refractivity (Wildman–Crippen MR) is 142 cm³/mol. The zero-order valence-electron chi connectivity index (χ0n) is 20.7. The van der Waals surface area contributed by atoms with Crippen molar-refractivity contribution in [3.63, 3.8) is 0 Å². The SMILES string of the molecule is Cc1cccc(COc2ccc(/C(O)=C3\C(=O)C(=O)N(Cc4ccncc4)[C@@H]3c3cccc(O)c3)cc2)c1. The standard InChI is InChI=1S/C31H26N2O5/c1-20-4-2-5-22(16-20)19-38-26-10-8-23(9-11-26)29(35)27-28(24-6-3-7-25(34)17-24)33(31(37)30(27)36)18-21-12-14-32-15-13-21/h2-17,28,34-35H,18-19H2,1H3/b29-27+/t28-/m1/s1. The molecule has 0 aliphatic carbocycles. The summed E-state index contributed by atoms with van der Waals surface area (Å²) in [6.45, 7) is 2.55. The lowest BCUT2D eigenvalue weighted by Crippen LogP contribution is -2.29. The fraction of sp³-hybridized carbons (Fsp3) is 0.129. The highest BCUT2D eigenvalue weighted by molar-refractivity contribution is 6.46. The lowest BCUT2D eigenvalue weighted by Gasteiger charge is -2.25. The Kier molecular flexibility index (Phi) is 6.91. The van der Waals surface area contributed by atoms with Gasteiger partial charge < -0.3 is 19.8 Å². The fourth-order valence-electron chi connectivity index (χ4n) is 4.60. The number of hydrogen-bond donors (Lipinski definition) is 2. The molecule has 4 aromatic rings. The lowest BCUT2D eigenvalue weighted by atomic mass is 9.95. The highest BCUT2D eigenvalue weighted by Crippen LogP contribution is 2.41. The Morgan fingerprint density at radius 3 is 2.37 bits per heavy atom. The highest BCUT2D eigenvalue weighted by atomic mass is 16.5. The molecular formula is C31H26N2O5. The summed E-state index contributed by atoms with van der Waals surface area (Å²) in [5.74, 6) is -1.21. The number of carbonyl (C=O) groups is 2. The van der Waals surface area contributed by atoms with Crippen molar-refractivity contribution in [2.75, 3.05) is 0 Å². The number of aromatic hydroxyl groups is 1. The van der Waals surface area contributed by atoms with Crippen LogP contribution in [-0.4, -0.2) is 31.8 Å². The van der Waals surface area contributed by atoms with Crippen molar-refractivity contribution in [2.24, 2.45) is 0 Å². The molecule has 190 valence electrons. The van der Waals surface area contributed by atoms with Gasteiger partial charge in [0.1, 0.15) is 23.9 Å². The number of benzene rings is 3. The number of ketones is 1. The maximum Gasteiger partial charge on any atom is 0.295 e. The molecule has 0 spiro atoms. The Hall–Kier alpha value is -4.91. The van der Waals surface area contributed by atoms with E-state index in [1.54, 1.807) is 60.9 Å². The molecule has 1 aliphatic heterocycles. The van der Waals surface area contributed by atoms with Crippen molar-refractivity contribution in [2.45, 2.75) is 26.1 Å². The molecule has 7 nitrogen and oxygen atoms in total. The first kappa shape index (κ1) is 24.8. The summed E-state index contributed by atoms with van der Waals surface area (Å²) < 4.78 is 5.87. The first-order chi connectivity index (χ1) is 18.4. The number of carbonyl (C=O) groups excluding carboxylic acids is 2. The second-order valence-electron chi connectivity index (χ2n) is 9.18. The molecule has 0 bridgehead atoms. The van der Waals surface area contributed by atoms with Gasteiger partial charge in [-0.1, -0.05) is 42.0 Å². The van der Waals surface area contributed by atoms with E-state index in [1.165, 1.54) is 17.0 Å². The van der Waals surface area contributed by atoms with E-state index < -0.39 is 17.7 Å². The smallest absolute Gasteiger partial charge is 0.295 e. The number of aryl methyl sites for hydroxylation is 1. The molecule has 38 heavy (non-hydrogen) atoms. The highest BCUT2D eigenvalue weighted by Gasteiger charge is 2.46. The van der Waals surface area contributed by atoms with Gasteiger partial charge in [-0.15, -0.1) is 0 Å². The third kappa shape index (κ3) is 5.13. The monoisotopic (exact) mass is 506 g/mol. The molecular weight excluding hydrogens is 480 g/mol. The molecule has 2 heterocycles. The maximum atomic E-state index is 13.2. The molecule has 1 aliphatic rings. The number of pyridine rings is 1. The van der Waals surface area contributed by atoms with Gasteiger partial charge in [-0.3, -0.25) is 14.6 Å². The third-order valence-corrected chi connectivity index (χ3v) is 6.44. The summed E-state index contributed by atoms with van der Waals surface area (Å²) in [5.41, 5.74) is 3.81. The second kappa shape index (κ2) is 10.6. The molecule has 3 aromatic carbocycles. The van der Waals surface area contributed by atoms with Crippen LogP contribution in [0.3, 0.4) is 0 Å². The van der Waals surface area contributed by atoms with Crippen LogP contribution in [-0.2, 0) is 22.7 Å². The number of hydrogen-bond acceptors (Lipinski definition) is 6. The quantitative estimate of drug-likeness (QED) is 0.201. The van der Waals surface area contributed by atoms with Gasteiger partial charge in [0.2, 0.25) is 0 Å².